The van der Waals surface area contributed by atoms with E-state index < -0.39 is 5.91 Å². The Bertz CT molecular complexity index is 1010. The van der Waals surface area contributed by atoms with Gasteiger partial charge in [-0.25, -0.2) is 4.98 Å². The van der Waals surface area contributed by atoms with Crippen molar-refractivity contribution in [1.29, 1.82) is 0 Å². The fraction of sp³-hybridized carbons (Fsp3) is 0.409. The number of methoxy groups -OCH3 is 1. The fourth-order valence-corrected chi connectivity index (χ4v) is 3.99. The van der Waals surface area contributed by atoms with Crippen LogP contribution in [0.5, 0.6) is 5.75 Å². The number of esters is 1. The van der Waals surface area contributed by atoms with E-state index in [0.717, 1.165) is 0 Å². The Labute approximate surface area is 184 Å². The topological polar surface area (TPSA) is 120 Å². The summed E-state index contributed by atoms with van der Waals surface area (Å²) in [5, 5.41) is 2.73. The highest BCUT2D eigenvalue weighted by Gasteiger charge is 2.39. The molecule has 4 rings (SSSR count). The van der Waals surface area contributed by atoms with Crippen molar-refractivity contribution in [2.75, 3.05) is 26.1 Å². The monoisotopic (exact) mass is 440 g/mol. The second kappa shape index (κ2) is 9.31. The fourth-order valence-electron chi connectivity index (χ4n) is 3.99. The summed E-state index contributed by atoms with van der Waals surface area (Å²) in [4.78, 5) is 46.7. The number of ether oxygens (including phenoxy) is 3. The minimum absolute atomic E-state index is 0.169. The summed E-state index contributed by atoms with van der Waals surface area (Å²) in [5.41, 5.74) is 0.960. The van der Waals surface area contributed by atoms with Gasteiger partial charge in [0.25, 0.3) is 11.8 Å². The third-order valence-corrected chi connectivity index (χ3v) is 5.69. The number of anilines is 1. The number of aromatic nitrogens is 2. The molecule has 1 saturated heterocycles. The highest BCUT2D eigenvalue weighted by molar-refractivity contribution is 6.04. The highest BCUT2D eigenvalue weighted by Crippen LogP contribution is 2.32. The zero-order valence-electron chi connectivity index (χ0n) is 17.8. The van der Waals surface area contributed by atoms with Crippen LogP contribution < -0.4 is 10.1 Å². The minimum atomic E-state index is -0.428. The first-order valence-electron chi connectivity index (χ1n) is 10.3. The van der Waals surface area contributed by atoms with Crippen LogP contribution in [0, 0.1) is 0 Å². The first kappa shape index (κ1) is 21.7. The lowest BCUT2D eigenvalue weighted by Gasteiger charge is -2.42. The van der Waals surface area contributed by atoms with Gasteiger partial charge in [0.15, 0.2) is 0 Å². The van der Waals surface area contributed by atoms with Crippen molar-refractivity contribution in [2.45, 2.75) is 37.5 Å². The van der Waals surface area contributed by atoms with E-state index in [0.29, 0.717) is 29.8 Å². The molecule has 2 aliphatic rings. The first-order valence-corrected chi connectivity index (χ1v) is 10.3. The van der Waals surface area contributed by atoms with Crippen LogP contribution in [0.15, 0.2) is 36.8 Å². The van der Waals surface area contributed by atoms with Crippen molar-refractivity contribution < 1.29 is 28.6 Å². The van der Waals surface area contributed by atoms with Gasteiger partial charge in [-0.15, -0.1) is 0 Å². The summed E-state index contributed by atoms with van der Waals surface area (Å²) in [6, 6.07) is 4.69. The Hall–Kier alpha value is -3.53. The number of nitrogens with zero attached hydrogens (tertiary/aromatic N) is 3. The third kappa shape index (κ3) is 4.54. The van der Waals surface area contributed by atoms with Crippen molar-refractivity contribution in [3.05, 3.63) is 48.0 Å². The molecular weight excluding hydrogens is 416 g/mol. The lowest BCUT2D eigenvalue weighted by molar-refractivity contribution is -0.151. The normalized spacial score (nSPS) is 22.5. The third-order valence-electron chi connectivity index (χ3n) is 5.69. The molecule has 0 bridgehead atoms. The molecular formula is C22H24N4O6. The number of carbonyl (C=O) groups excluding carboxylic acids is 3. The Balaban J connectivity index is 1.52. The molecule has 10 heteroatoms. The van der Waals surface area contributed by atoms with Crippen LogP contribution in [0.1, 0.15) is 40.1 Å². The number of nitrogens with one attached hydrogen (secondary N) is 1. The van der Waals surface area contributed by atoms with E-state index in [2.05, 4.69) is 15.3 Å². The molecule has 1 aromatic heterocycles. The highest BCUT2D eigenvalue weighted by atomic mass is 16.5. The molecule has 0 saturated carbocycles. The smallest absolute Gasteiger partial charge is 0.308 e. The van der Waals surface area contributed by atoms with E-state index in [1.54, 1.807) is 30.1 Å². The number of hydrogen-bond acceptors (Lipinski definition) is 8. The molecule has 10 nitrogen and oxygen atoms in total. The van der Waals surface area contributed by atoms with Gasteiger partial charge in [0, 0.05) is 25.1 Å². The van der Waals surface area contributed by atoms with Crippen LogP contribution in [0.3, 0.4) is 0 Å². The zero-order valence-corrected chi connectivity index (χ0v) is 17.8. The van der Waals surface area contributed by atoms with E-state index in [1.807, 2.05) is 0 Å². The van der Waals surface area contributed by atoms with Crippen LogP contribution in [0.25, 0.3) is 0 Å². The van der Waals surface area contributed by atoms with Crippen LogP contribution in [-0.4, -0.2) is 71.7 Å². The second-order valence-electron chi connectivity index (χ2n) is 7.70. The molecule has 2 aliphatic heterocycles. The van der Waals surface area contributed by atoms with Gasteiger partial charge in [-0.05, 0) is 31.0 Å². The number of benzene rings is 1. The predicted molar refractivity (Wildman–Crippen MR) is 112 cm³/mol. The largest absolute Gasteiger partial charge is 0.490 e. The van der Waals surface area contributed by atoms with Crippen molar-refractivity contribution in [2.24, 2.45) is 0 Å². The molecule has 3 heterocycles. The summed E-state index contributed by atoms with van der Waals surface area (Å²) in [6.45, 7) is 0.234. The molecule has 3 atom stereocenters. The zero-order chi connectivity index (χ0) is 22.7. The Morgan fingerprint density at radius 1 is 1.28 bits per heavy atom. The van der Waals surface area contributed by atoms with Gasteiger partial charge in [0.05, 0.1) is 37.4 Å². The van der Waals surface area contributed by atoms with E-state index >= 15 is 0 Å². The number of likely N-dealkylation sites (N-methyl/N-ethyl adjacent to an activating group) is 1. The molecule has 0 aliphatic carbocycles. The number of fused-ring (bicyclic) bond motifs is 2. The molecule has 1 N–H and O–H groups in total. The van der Waals surface area contributed by atoms with E-state index in [4.69, 9.17) is 14.2 Å². The van der Waals surface area contributed by atoms with Crippen LogP contribution in [0.2, 0.25) is 0 Å². The SMILES string of the molecule is COC(=O)C[C@H]1CC[C@H]2[C@H](COc3ccc(NC(=O)c4cnccn4)cc3C(=O)N2C)O1. The Morgan fingerprint density at radius 2 is 2.12 bits per heavy atom. The minimum Gasteiger partial charge on any atom is -0.490 e. The number of carbonyl (C=O) groups is 3. The summed E-state index contributed by atoms with van der Waals surface area (Å²) >= 11 is 0. The van der Waals surface area contributed by atoms with Gasteiger partial charge in [0.2, 0.25) is 0 Å². The van der Waals surface area contributed by atoms with Gasteiger partial charge < -0.3 is 24.4 Å². The molecule has 2 aromatic rings. The van der Waals surface area contributed by atoms with E-state index in [1.165, 1.54) is 25.7 Å². The molecule has 1 fully saturated rings. The van der Waals surface area contributed by atoms with Crippen molar-refractivity contribution in [3.8, 4) is 5.75 Å². The van der Waals surface area contributed by atoms with Gasteiger partial charge in [-0.1, -0.05) is 0 Å². The van der Waals surface area contributed by atoms with Gasteiger partial charge in [-0.2, -0.15) is 0 Å². The Morgan fingerprint density at radius 3 is 2.88 bits per heavy atom. The van der Waals surface area contributed by atoms with Crippen molar-refractivity contribution >= 4 is 23.5 Å². The molecule has 32 heavy (non-hydrogen) atoms. The summed E-state index contributed by atoms with van der Waals surface area (Å²) < 4.78 is 16.7. The average Bonchev–Trinajstić information content (AvgIpc) is 2.82. The molecule has 2 amide bonds. The lowest BCUT2D eigenvalue weighted by Crippen LogP contribution is -2.53. The summed E-state index contributed by atoms with van der Waals surface area (Å²) in [6.07, 6.45) is 5.12. The van der Waals surface area contributed by atoms with Crippen LogP contribution >= 0.6 is 0 Å². The second-order valence-corrected chi connectivity index (χ2v) is 7.70. The maximum atomic E-state index is 13.2. The number of amides is 2. The van der Waals surface area contributed by atoms with Crippen LogP contribution in [0.4, 0.5) is 5.69 Å². The number of hydrogen-bond donors (Lipinski definition) is 1. The quantitative estimate of drug-likeness (QED) is 0.713. The molecule has 0 spiro atoms. The van der Waals surface area contributed by atoms with E-state index in [-0.39, 0.29) is 48.8 Å². The summed E-state index contributed by atoms with van der Waals surface area (Å²) in [7, 11) is 3.07. The maximum Gasteiger partial charge on any atom is 0.308 e. The number of rotatable bonds is 4. The van der Waals surface area contributed by atoms with E-state index in [9.17, 15) is 14.4 Å². The van der Waals surface area contributed by atoms with Gasteiger partial charge >= 0.3 is 5.97 Å². The van der Waals surface area contributed by atoms with Gasteiger partial charge in [-0.3, -0.25) is 19.4 Å². The van der Waals surface area contributed by atoms with Crippen LogP contribution in [-0.2, 0) is 14.3 Å². The molecule has 0 radical (unpaired) electrons. The molecule has 0 unspecified atom stereocenters. The van der Waals surface area contributed by atoms with Crippen molar-refractivity contribution in [1.82, 2.24) is 14.9 Å². The molecule has 1 aromatic carbocycles. The standard InChI is InChI=1S/C22H24N4O6/c1-26-17-5-4-14(10-20(27)30-2)32-19(17)12-31-18-6-3-13(9-15(18)22(26)29)25-21(28)16-11-23-7-8-24-16/h3,6-9,11,14,17,19H,4-5,10,12H2,1-2H3,(H,25,28)/t14-,17+,19+/m1/s1. The van der Waals surface area contributed by atoms with Gasteiger partial charge in [0.1, 0.15) is 24.2 Å². The maximum absolute atomic E-state index is 13.2. The average molecular weight is 440 g/mol. The Kier molecular flexibility index (Phi) is 6.31. The molecule has 168 valence electrons. The van der Waals surface area contributed by atoms with Crippen molar-refractivity contribution in [3.63, 3.8) is 0 Å². The predicted octanol–water partition coefficient (Wildman–Crippen LogP) is 1.67. The first-order chi connectivity index (χ1) is 15.5. The lowest BCUT2D eigenvalue weighted by atomic mass is 9.94. The summed E-state index contributed by atoms with van der Waals surface area (Å²) in [5.74, 6) is -0.592.